The lowest BCUT2D eigenvalue weighted by molar-refractivity contribution is -0.384. The monoisotopic (exact) mass is 301 g/mol. The summed E-state index contributed by atoms with van der Waals surface area (Å²) in [5.74, 6) is 0. The molecular formula is C9H5BrClN3O2. The minimum atomic E-state index is -0.471. The minimum absolute atomic E-state index is 0.0417. The lowest BCUT2D eigenvalue weighted by Crippen LogP contribution is -2.00. The second kappa shape index (κ2) is 4.23. The first-order valence-corrected chi connectivity index (χ1v) is 5.39. The van der Waals surface area contributed by atoms with E-state index in [1.807, 2.05) is 0 Å². The van der Waals surface area contributed by atoms with E-state index in [1.54, 1.807) is 12.4 Å². The van der Waals surface area contributed by atoms with Gasteiger partial charge in [-0.25, -0.2) is 4.68 Å². The zero-order valence-electron chi connectivity index (χ0n) is 7.80. The molecule has 0 atom stereocenters. The lowest BCUT2D eigenvalue weighted by atomic mass is 10.3. The van der Waals surface area contributed by atoms with Crippen molar-refractivity contribution in [2.45, 2.75) is 0 Å². The number of halogens is 2. The van der Waals surface area contributed by atoms with Crippen molar-refractivity contribution < 1.29 is 4.92 Å². The van der Waals surface area contributed by atoms with Crippen LogP contribution in [0.4, 0.5) is 5.69 Å². The predicted molar refractivity (Wildman–Crippen MR) is 62.9 cm³/mol. The third-order valence-corrected chi connectivity index (χ3v) is 2.58. The first-order valence-electron chi connectivity index (χ1n) is 4.22. The normalized spacial score (nSPS) is 10.4. The number of nitrogens with zero attached hydrogens (tertiary/aromatic N) is 3. The number of nitro groups is 1. The Bertz CT molecular complexity index is 555. The topological polar surface area (TPSA) is 61.0 Å². The number of hydrogen-bond acceptors (Lipinski definition) is 3. The summed E-state index contributed by atoms with van der Waals surface area (Å²) in [5.41, 5.74) is 0.295. The molecule has 5 nitrogen and oxygen atoms in total. The third kappa shape index (κ3) is 2.07. The van der Waals surface area contributed by atoms with Crippen molar-refractivity contribution in [1.82, 2.24) is 9.78 Å². The van der Waals surface area contributed by atoms with Gasteiger partial charge in [0.25, 0.3) is 5.69 Å². The summed E-state index contributed by atoms with van der Waals surface area (Å²) in [6.45, 7) is 0. The van der Waals surface area contributed by atoms with E-state index in [-0.39, 0.29) is 5.69 Å². The molecule has 7 heteroatoms. The zero-order valence-corrected chi connectivity index (χ0v) is 10.1. The molecule has 0 saturated heterocycles. The third-order valence-electron chi connectivity index (χ3n) is 1.93. The molecule has 1 aromatic carbocycles. The number of nitro benzene ring substituents is 1. The van der Waals surface area contributed by atoms with Gasteiger partial charge in [0.1, 0.15) is 5.69 Å². The van der Waals surface area contributed by atoms with Gasteiger partial charge in [-0.1, -0.05) is 11.6 Å². The molecule has 1 heterocycles. The Labute approximate surface area is 104 Å². The van der Waals surface area contributed by atoms with Crippen LogP contribution in [-0.2, 0) is 0 Å². The van der Waals surface area contributed by atoms with E-state index in [9.17, 15) is 10.1 Å². The molecule has 0 spiro atoms. The molecule has 2 rings (SSSR count). The number of hydrogen-bond donors (Lipinski definition) is 0. The van der Waals surface area contributed by atoms with Crippen LogP contribution < -0.4 is 0 Å². The molecule has 0 unspecified atom stereocenters. The van der Waals surface area contributed by atoms with Crippen molar-refractivity contribution >= 4 is 33.2 Å². The van der Waals surface area contributed by atoms with E-state index in [0.717, 1.165) is 4.47 Å². The Hall–Kier alpha value is -1.40. The Balaban J connectivity index is 2.62. The minimum Gasteiger partial charge on any atom is -0.258 e. The van der Waals surface area contributed by atoms with Crippen LogP contribution in [0.15, 0.2) is 35.1 Å². The van der Waals surface area contributed by atoms with Crippen LogP contribution in [0.3, 0.4) is 0 Å². The maximum Gasteiger partial charge on any atom is 0.294 e. The Kier molecular flexibility index (Phi) is 2.93. The number of aromatic nitrogens is 2. The average molecular weight is 303 g/mol. The average Bonchev–Trinajstić information content (AvgIpc) is 2.64. The maximum absolute atomic E-state index is 10.8. The highest BCUT2D eigenvalue weighted by molar-refractivity contribution is 9.10. The van der Waals surface area contributed by atoms with E-state index in [2.05, 4.69) is 21.0 Å². The second-order valence-corrected chi connectivity index (χ2v) is 4.35. The van der Waals surface area contributed by atoms with Crippen LogP contribution in [-0.4, -0.2) is 14.7 Å². The van der Waals surface area contributed by atoms with Crippen LogP contribution in [0.1, 0.15) is 0 Å². The van der Waals surface area contributed by atoms with Gasteiger partial charge in [-0.3, -0.25) is 10.1 Å². The number of benzene rings is 1. The smallest absolute Gasteiger partial charge is 0.258 e. The molecule has 0 aliphatic rings. The fourth-order valence-electron chi connectivity index (χ4n) is 1.27. The molecule has 0 radical (unpaired) electrons. The maximum atomic E-state index is 10.8. The van der Waals surface area contributed by atoms with Gasteiger partial charge in [0.05, 0.1) is 15.6 Å². The summed E-state index contributed by atoms with van der Waals surface area (Å²) >= 11 is 9.03. The molecule has 0 N–H and O–H groups in total. The van der Waals surface area contributed by atoms with Crippen LogP contribution in [0.25, 0.3) is 5.69 Å². The molecule has 0 aliphatic heterocycles. The summed E-state index contributed by atoms with van der Waals surface area (Å²) in [5, 5.41) is 15.2. The van der Waals surface area contributed by atoms with E-state index in [1.165, 1.54) is 22.9 Å². The number of rotatable bonds is 2. The highest BCUT2D eigenvalue weighted by Crippen LogP contribution is 2.26. The summed E-state index contributed by atoms with van der Waals surface area (Å²) in [6, 6.07) is 4.33. The van der Waals surface area contributed by atoms with Gasteiger partial charge in [0, 0.05) is 17.3 Å². The Morgan fingerprint density at radius 1 is 1.50 bits per heavy atom. The van der Waals surface area contributed by atoms with Crippen LogP contribution in [0, 0.1) is 10.1 Å². The van der Waals surface area contributed by atoms with Crippen LogP contribution in [0.5, 0.6) is 0 Å². The van der Waals surface area contributed by atoms with Crippen molar-refractivity contribution in [3.63, 3.8) is 0 Å². The largest absolute Gasteiger partial charge is 0.294 e. The van der Waals surface area contributed by atoms with Gasteiger partial charge in [0.2, 0.25) is 0 Å². The highest BCUT2D eigenvalue weighted by atomic mass is 79.9. The van der Waals surface area contributed by atoms with Crippen molar-refractivity contribution in [3.05, 3.63) is 50.2 Å². The molecule has 0 aliphatic carbocycles. The molecule has 2 aromatic rings. The molecular weight excluding hydrogens is 297 g/mol. The lowest BCUT2D eigenvalue weighted by Gasteiger charge is -2.02. The van der Waals surface area contributed by atoms with Gasteiger partial charge >= 0.3 is 0 Å². The summed E-state index contributed by atoms with van der Waals surface area (Å²) in [4.78, 5) is 10.4. The molecule has 0 saturated carbocycles. The van der Waals surface area contributed by atoms with E-state index < -0.39 is 4.92 Å². The quantitative estimate of drug-likeness (QED) is 0.632. The molecule has 0 amide bonds. The van der Waals surface area contributed by atoms with Crippen LogP contribution >= 0.6 is 27.5 Å². The predicted octanol–water partition coefficient (Wildman–Crippen LogP) is 3.20. The fraction of sp³-hybridized carbons (Fsp3) is 0. The molecule has 1 aromatic heterocycles. The van der Waals surface area contributed by atoms with E-state index in [4.69, 9.17) is 11.6 Å². The zero-order chi connectivity index (χ0) is 11.7. The van der Waals surface area contributed by atoms with Crippen molar-refractivity contribution in [3.8, 4) is 5.69 Å². The molecule has 82 valence electrons. The van der Waals surface area contributed by atoms with Gasteiger partial charge < -0.3 is 0 Å². The van der Waals surface area contributed by atoms with Crippen molar-refractivity contribution in [1.29, 1.82) is 0 Å². The summed E-state index contributed by atoms with van der Waals surface area (Å²) < 4.78 is 2.13. The van der Waals surface area contributed by atoms with Gasteiger partial charge in [-0.15, -0.1) is 0 Å². The van der Waals surface area contributed by atoms with E-state index >= 15 is 0 Å². The van der Waals surface area contributed by atoms with Gasteiger partial charge in [-0.2, -0.15) is 5.10 Å². The standard InChI is InChI=1S/C9H5BrClN3O2/c10-6-4-12-13(5-6)9-3-7(11)1-2-8(9)14(15)16/h1-5H. The second-order valence-electron chi connectivity index (χ2n) is 2.99. The Morgan fingerprint density at radius 2 is 2.25 bits per heavy atom. The Morgan fingerprint density at radius 3 is 2.81 bits per heavy atom. The SMILES string of the molecule is O=[N+]([O-])c1ccc(Cl)cc1-n1cc(Br)cn1. The van der Waals surface area contributed by atoms with E-state index in [0.29, 0.717) is 10.7 Å². The first kappa shape index (κ1) is 11.1. The first-order chi connectivity index (χ1) is 7.58. The highest BCUT2D eigenvalue weighted by Gasteiger charge is 2.16. The molecule has 0 fully saturated rings. The van der Waals surface area contributed by atoms with Crippen molar-refractivity contribution in [2.24, 2.45) is 0 Å². The van der Waals surface area contributed by atoms with Gasteiger partial charge in [-0.05, 0) is 28.1 Å². The molecule has 0 bridgehead atoms. The van der Waals surface area contributed by atoms with Crippen LogP contribution in [0.2, 0.25) is 5.02 Å². The summed E-state index contributed by atoms with van der Waals surface area (Å²) in [7, 11) is 0. The van der Waals surface area contributed by atoms with Crippen molar-refractivity contribution in [2.75, 3.05) is 0 Å². The van der Waals surface area contributed by atoms with Gasteiger partial charge in [0.15, 0.2) is 0 Å². The summed E-state index contributed by atoms with van der Waals surface area (Å²) in [6.07, 6.45) is 3.17. The fourth-order valence-corrected chi connectivity index (χ4v) is 1.72. The molecule has 16 heavy (non-hydrogen) atoms.